The molecule has 142 valence electrons. The summed E-state index contributed by atoms with van der Waals surface area (Å²) >= 11 is 6.09. The number of hydrogen-bond acceptors (Lipinski definition) is 3. The van der Waals surface area contributed by atoms with Crippen LogP contribution in [0.15, 0.2) is 42.5 Å². The van der Waals surface area contributed by atoms with E-state index in [0.29, 0.717) is 22.4 Å². The van der Waals surface area contributed by atoms with E-state index in [9.17, 15) is 9.59 Å². The molecular weight excluding hydrogens is 364 g/mol. The van der Waals surface area contributed by atoms with E-state index in [1.807, 2.05) is 25.1 Å². The normalized spacial score (nSPS) is 14.2. The van der Waals surface area contributed by atoms with Crippen molar-refractivity contribution in [2.24, 2.45) is 0 Å². The van der Waals surface area contributed by atoms with E-state index in [4.69, 9.17) is 11.6 Å². The van der Waals surface area contributed by atoms with Crippen molar-refractivity contribution < 1.29 is 9.59 Å². The van der Waals surface area contributed by atoms with E-state index in [1.165, 1.54) is 0 Å². The minimum Gasteiger partial charge on any atom is -0.374 e. The summed E-state index contributed by atoms with van der Waals surface area (Å²) in [6, 6.07) is 12.3. The van der Waals surface area contributed by atoms with Crippen LogP contribution in [0.5, 0.6) is 0 Å². The van der Waals surface area contributed by atoms with Gasteiger partial charge in [-0.15, -0.1) is 0 Å². The molecule has 3 rings (SSSR count). The first-order chi connectivity index (χ1) is 12.9. The average molecular weight is 387 g/mol. The molecule has 3 amide bonds. The second-order valence-electron chi connectivity index (χ2n) is 6.72. The smallest absolute Gasteiger partial charge is 0.319 e. The minimum atomic E-state index is -0.444. The highest BCUT2D eigenvalue weighted by atomic mass is 35.5. The number of halogens is 1. The second kappa shape index (κ2) is 8.31. The molecule has 0 bridgehead atoms. The molecule has 1 atom stereocenters. The maximum absolute atomic E-state index is 12.4. The lowest BCUT2D eigenvalue weighted by Gasteiger charge is -2.17. The zero-order valence-electron chi connectivity index (χ0n) is 15.3. The van der Waals surface area contributed by atoms with E-state index < -0.39 is 6.04 Å². The van der Waals surface area contributed by atoms with Crippen LogP contribution in [0.3, 0.4) is 0 Å². The summed E-state index contributed by atoms with van der Waals surface area (Å²) in [5.41, 5.74) is 3.01. The number of amides is 3. The van der Waals surface area contributed by atoms with Crippen LogP contribution in [0.1, 0.15) is 25.3 Å². The number of nitrogens with one attached hydrogen (secondary N) is 4. The molecule has 6 nitrogen and oxygen atoms in total. The third-order valence-corrected chi connectivity index (χ3v) is 4.77. The SMILES string of the molecule is Cc1c(Cl)cccc1NC(=O)C(C)Nc1ccc(NC(=O)NC2CC2)cc1. The standard InChI is InChI=1S/C20H23ClN4O2/c1-12-17(21)4-3-5-18(12)25-19(26)13(2)22-14-6-8-15(9-7-14)23-20(27)24-16-10-11-16/h3-9,13,16,22H,10-11H2,1-2H3,(H,25,26)(H2,23,24,27). The third-order valence-electron chi connectivity index (χ3n) is 4.36. The van der Waals surface area contributed by atoms with Gasteiger partial charge in [0.05, 0.1) is 0 Å². The first-order valence-corrected chi connectivity index (χ1v) is 9.30. The van der Waals surface area contributed by atoms with Crippen molar-refractivity contribution >= 4 is 40.6 Å². The summed E-state index contributed by atoms with van der Waals surface area (Å²) in [4.78, 5) is 24.2. The number of urea groups is 1. The molecule has 27 heavy (non-hydrogen) atoms. The fourth-order valence-corrected chi connectivity index (χ4v) is 2.70. The fraction of sp³-hybridized carbons (Fsp3) is 0.300. The maximum atomic E-state index is 12.4. The lowest BCUT2D eigenvalue weighted by atomic mass is 10.2. The van der Waals surface area contributed by atoms with Gasteiger partial charge in [0.15, 0.2) is 0 Å². The first kappa shape index (κ1) is 19.0. The summed E-state index contributed by atoms with van der Waals surface area (Å²) < 4.78 is 0. The zero-order valence-corrected chi connectivity index (χ0v) is 16.1. The number of carbonyl (C=O) groups is 2. The molecule has 1 aliphatic rings. The van der Waals surface area contributed by atoms with E-state index in [0.717, 1.165) is 24.1 Å². The summed E-state index contributed by atoms with van der Waals surface area (Å²) in [5.74, 6) is -0.161. The predicted octanol–water partition coefficient (Wildman–Crippen LogP) is 4.37. The summed E-state index contributed by atoms with van der Waals surface area (Å²) in [6.45, 7) is 3.64. The van der Waals surface area contributed by atoms with Crippen molar-refractivity contribution in [3.05, 3.63) is 53.1 Å². The van der Waals surface area contributed by atoms with Gasteiger partial charge in [-0.05, 0) is 68.7 Å². The van der Waals surface area contributed by atoms with Gasteiger partial charge in [-0.1, -0.05) is 17.7 Å². The van der Waals surface area contributed by atoms with Gasteiger partial charge < -0.3 is 21.3 Å². The molecule has 2 aromatic carbocycles. The lowest BCUT2D eigenvalue weighted by molar-refractivity contribution is -0.116. The Morgan fingerprint density at radius 3 is 2.37 bits per heavy atom. The molecule has 0 radical (unpaired) electrons. The Labute approximate surface area is 163 Å². The molecule has 7 heteroatoms. The molecule has 0 saturated heterocycles. The topological polar surface area (TPSA) is 82.3 Å². The van der Waals surface area contributed by atoms with Crippen LogP contribution in [0, 0.1) is 6.92 Å². The van der Waals surface area contributed by atoms with Gasteiger partial charge in [-0.3, -0.25) is 4.79 Å². The van der Waals surface area contributed by atoms with E-state index in [1.54, 1.807) is 31.2 Å². The van der Waals surface area contributed by atoms with Gasteiger partial charge in [0.1, 0.15) is 6.04 Å². The van der Waals surface area contributed by atoms with Crippen LogP contribution >= 0.6 is 11.6 Å². The number of carbonyl (C=O) groups excluding carboxylic acids is 2. The van der Waals surface area contributed by atoms with Crippen LogP contribution < -0.4 is 21.3 Å². The second-order valence-corrected chi connectivity index (χ2v) is 7.12. The molecule has 2 aromatic rings. The Kier molecular flexibility index (Phi) is 5.86. The summed E-state index contributed by atoms with van der Waals surface area (Å²) in [7, 11) is 0. The summed E-state index contributed by atoms with van der Waals surface area (Å²) in [5, 5.41) is 12.3. The van der Waals surface area contributed by atoms with Crippen LogP contribution in [0.4, 0.5) is 21.9 Å². The predicted molar refractivity (Wildman–Crippen MR) is 110 cm³/mol. The molecule has 0 heterocycles. The van der Waals surface area contributed by atoms with Gasteiger partial charge in [0, 0.05) is 28.1 Å². The number of anilines is 3. The molecule has 0 aliphatic heterocycles. The van der Waals surface area contributed by atoms with Gasteiger partial charge in [-0.25, -0.2) is 4.79 Å². The largest absolute Gasteiger partial charge is 0.374 e. The van der Waals surface area contributed by atoms with Crippen molar-refractivity contribution in [1.29, 1.82) is 0 Å². The Morgan fingerprint density at radius 1 is 1.04 bits per heavy atom. The van der Waals surface area contributed by atoms with Gasteiger partial charge >= 0.3 is 6.03 Å². The molecule has 0 aromatic heterocycles. The van der Waals surface area contributed by atoms with Crippen molar-refractivity contribution in [3.63, 3.8) is 0 Å². The van der Waals surface area contributed by atoms with Crippen LogP contribution in [-0.2, 0) is 4.79 Å². The van der Waals surface area contributed by atoms with Gasteiger partial charge in [0.2, 0.25) is 5.91 Å². The monoisotopic (exact) mass is 386 g/mol. The fourth-order valence-electron chi connectivity index (χ4n) is 2.53. The highest BCUT2D eigenvalue weighted by Crippen LogP contribution is 2.23. The van der Waals surface area contributed by atoms with Gasteiger partial charge in [-0.2, -0.15) is 0 Å². The maximum Gasteiger partial charge on any atom is 0.319 e. The highest BCUT2D eigenvalue weighted by Gasteiger charge is 2.23. The van der Waals surface area contributed by atoms with Crippen LogP contribution in [0.25, 0.3) is 0 Å². The van der Waals surface area contributed by atoms with Crippen LogP contribution in [0.2, 0.25) is 5.02 Å². The molecule has 0 spiro atoms. The van der Waals surface area contributed by atoms with E-state index in [-0.39, 0.29) is 11.9 Å². The highest BCUT2D eigenvalue weighted by molar-refractivity contribution is 6.31. The van der Waals surface area contributed by atoms with Crippen molar-refractivity contribution in [3.8, 4) is 0 Å². The Bertz CT molecular complexity index is 834. The summed E-state index contributed by atoms with van der Waals surface area (Å²) in [6.07, 6.45) is 2.09. The van der Waals surface area contributed by atoms with Crippen LogP contribution in [-0.4, -0.2) is 24.0 Å². The van der Waals surface area contributed by atoms with Gasteiger partial charge in [0.25, 0.3) is 0 Å². The molecular formula is C20H23ClN4O2. The number of benzene rings is 2. The molecule has 1 fully saturated rings. The average Bonchev–Trinajstić information content (AvgIpc) is 3.44. The first-order valence-electron chi connectivity index (χ1n) is 8.92. The van der Waals surface area contributed by atoms with Crippen molar-refractivity contribution in [2.75, 3.05) is 16.0 Å². The third kappa shape index (κ3) is 5.37. The molecule has 4 N–H and O–H groups in total. The van der Waals surface area contributed by atoms with E-state index >= 15 is 0 Å². The Hall–Kier alpha value is -2.73. The molecule has 1 aliphatic carbocycles. The number of rotatable bonds is 6. The van der Waals surface area contributed by atoms with Crippen molar-refractivity contribution in [2.45, 2.75) is 38.8 Å². The molecule has 1 unspecified atom stereocenters. The van der Waals surface area contributed by atoms with Crippen molar-refractivity contribution in [1.82, 2.24) is 5.32 Å². The lowest BCUT2D eigenvalue weighted by Crippen LogP contribution is -2.32. The quantitative estimate of drug-likeness (QED) is 0.595. The molecule has 1 saturated carbocycles. The Balaban J connectivity index is 1.53. The zero-order chi connectivity index (χ0) is 19.4. The minimum absolute atomic E-state index is 0.161. The Morgan fingerprint density at radius 2 is 1.70 bits per heavy atom. The number of hydrogen-bond donors (Lipinski definition) is 4. The van der Waals surface area contributed by atoms with E-state index in [2.05, 4.69) is 21.3 Å².